The summed E-state index contributed by atoms with van der Waals surface area (Å²) in [6.07, 6.45) is 10.8. The lowest BCUT2D eigenvalue weighted by Crippen LogP contribution is -2.02. The quantitative estimate of drug-likeness (QED) is 0.327. The van der Waals surface area contributed by atoms with Crippen molar-refractivity contribution in [2.75, 3.05) is 0 Å². The molecule has 1 atom stereocenters. The Labute approximate surface area is 104 Å². The second-order valence-corrected chi connectivity index (χ2v) is 5.18. The van der Waals surface area contributed by atoms with Gasteiger partial charge in [-0.2, -0.15) is 0 Å². The molecule has 0 heteroatoms. The summed E-state index contributed by atoms with van der Waals surface area (Å²) in [6, 6.07) is 0. The van der Waals surface area contributed by atoms with Crippen molar-refractivity contribution in [2.45, 2.75) is 86.0 Å². The zero-order valence-corrected chi connectivity index (χ0v) is 12.2. The van der Waals surface area contributed by atoms with E-state index in [4.69, 9.17) is 0 Å². The molecule has 0 spiro atoms. The van der Waals surface area contributed by atoms with Crippen LogP contribution in [0.5, 0.6) is 0 Å². The third kappa shape index (κ3) is 6.35. The highest BCUT2D eigenvalue weighted by Crippen LogP contribution is 2.26. The Morgan fingerprint density at radius 1 is 0.875 bits per heavy atom. The van der Waals surface area contributed by atoms with Crippen LogP contribution in [-0.2, 0) is 0 Å². The average Bonchev–Trinajstić information content (AvgIpc) is 2.28. The first-order valence-corrected chi connectivity index (χ1v) is 7.35. The van der Waals surface area contributed by atoms with Gasteiger partial charge in [-0.15, -0.1) is 0 Å². The topological polar surface area (TPSA) is 0 Å². The van der Waals surface area contributed by atoms with E-state index < -0.39 is 0 Å². The highest BCUT2D eigenvalue weighted by atomic mass is 14.2. The largest absolute Gasteiger partial charge is 0.0739 e. The molecule has 0 N–H and O–H groups in total. The van der Waals surface area contributed by atoms with Crippen molar-refractivity contribution in [1.82, 2.24) is 0 Å². The van der Waals surface area contributed by atoms with Crippen LogP contribution >= 0.6 is 0 Å². The summed E-state index contributed by atoms with van der Waals surface area (Å²) < 4.78 is 0. The lowest BCUT2D eigenvalue weighted by Gasteiger charge is -2.18. The van der Waals surface area contributed by atoms with E-state index in [1.807, 2.05) is 0 Å². The van der Waals surface area contributed by atoms with Crippen molar-refractivity contribution < 1.29 is 0 Å². The molecule has 0 bridgehead atoms. The van der Waals surface area contributed by atoms with Gasteiger partial charge in [0.1, 0.15) is 0 Å². The van der Waals surface area contributed by atoms with Crippen LogP contribution in [0, 0.1) is 5.92 Å². The van der Waals surface area contributed by atoms with Crippen molar-refractivity contribution in [3.63, 3.8) is 0 Å². The zero-order chi connectivity index (χ0) is 12.4. The molecule has 0 nitrogen and oxygen atoms in total. The second kappa shape index (κ2) is 9.93. The molecule has 0 aromatic carbocycles. The van der Waals surface area contributed by atoms with Gasteiger partial charge in [0.05, 0.1) is 0 Å². The van der Waals surface area contributed by atoms with E-state index in [9.17, 15) is 0 Å². The van der Waals surface area contributed by atoms with Crippen LogP contribution in [0.4, 0.5) is 0 Å². The highest BCUT2D eigenvalue weighted by Gasteiger charge is 2.09. The molecule has 0 saturated heterocycles. The molecule has 0 rings (SSSR count). The van der Waals surface area contributed by atoms with Crippen molar-refractivity contribution in [3.8, 4) is 0 Å². The third-order valence-corrected chi connectivity index (χ3v) is 3.68. The fraction of sp³-hybridized carbons (Fsp3) is 0.875. The summed E-state index contributed by atoms with van der Waals surface area (Å²) in [5.41, 5.74) is 3.44. The van der Waals surface area contributed by atoms with Gasteiger partial charge in [0.25, 0.3) is 0 Å². The SMILES string of the molecule is CCCCCCC(=C(C)CCC)C(C)CC. The van der Waals surface area contributed by atoms with Crippen molar-refractivity contribution >= 4 is 0 Å². The lowest BCUT2D eigenvalue weighted by atomic mass is 9.88. The second-order valence-electron chi connectivity index (χ2n) is 5.18. The van der Waals surface area contributed by atoms with Gasteiger partial charge in [0, 0.05) is 0 Å². The number of hydrogen-bond donors (Lipinski definition) is 0. The van der Waals surface area contributed by atoms with E-state index in [2.05, 4.69) is 34.6 Å². The Kier molecular flexibility index (Phi) is 9.77. The molecule has 0 aliphatic heterocycles. The average molecular weight is 224 g/mol. The van der Waals surface area contributed by atoms with Crippen LogP contribution in [0.25, 0.3) is 0 Å². The van der Waals surface area contributed by atoms with Gasteiger partial charge in [0.15, 0.2) is 0 Å². The standard InChI is InChI=1S/C16H32/c1-6-9-10-11-13-16(14(4)8-3)15(5)12-7-2/h14H,6-13H2,1-5H3. The lowest BCUT2D eigenvalue weighted by molar-refractivity contribution is 0.575. The number of hydrogen-bond acceptors (Lipinski definition) is 0. The summed E-state index contributed by atoms with van der Waals surface area (Å²) >= 11 is 0. The Morgan fingerprint density at radius 3 is 2.06 bits per heavy atom. The van der Waals surface area contributed by atoms with E-state index in [-0.39, 0.29) is 0 Å². The molecule has 0 amide bonds. The minimum absolute atomic E-state index is 0.799. The van der Waals surface area contributed by atoms with Crippen LogP contribution < -0.4 is 0 Å². The summed E-state index contributed by atoms with van der Waals surface area (Å²) in [4.78, 5) is 0. The Balaban J connectivity index is 4.26. The first kappa shape index (κ1) is 15.7. The van der Waals surface area contributed by atoms with Crippen LogP contribution in [0.2, 0.25) is 0 Å². The van der Waals surface area contributed by atoms with Gasteiger partial charge in [-0.3, -0.25) is 0 Å². The molecular formula is C16H32. The Morgan fingerprint density at radius 2 is 1.56 bits per heavy atom. The van der Waals surface area contributed by atoms with Gasteiger partial charge in [-0.1, -0.05) is 64.5 Å². The minimum atomic E-state index is 0.799. The van der Waals surface area contributed by atoms with Crippen LogP contribution in [0.15, 0.2) is 11.1 Å². The molecule has 0 aromatic rings. The Hall–Kier alpha value is -0.260. The van der Waals surface area contributed by atoms with Gasteiger partial charge in [-0.25, -0.2) is 0 Å². The minimum Gasteiger partial charge on any atom is -0.0739 e. The molecule has 0 radical (unpaired) electrons. The molecule has 0 aromatic heterocycles. The van der Waals surface area contributed by atoms with E-state index in [1.54, 1.807) is 11.1 Å². The van der Waals surface area contributed by atoms with Crippen LogP contribution in [0.1, 0.15) is 86.0 Å². The van der Waals surface area contributed by atoms with E-state index >= 15 is 0 Å². The molecule has 0 saturated carbocycles. The van der Waals surface area contributed by atoms with Gasteiger partial charge in [-0.05, 0) is 38.5 Å². The Bertz CT molecular complexity index is 188. The predicted octanol–water partition coefficient (Wildman–Crippen LogP) is 6.12. The van der Waals surface area contributed by atoms with E-state index in [1.165, 1.54) is 51.4 Å². The molecule has 16 heavy (non-hydrogen) atoms. The molecule has 0 heterocycles. The first-order chi connectivity index (χ1) is 7.67. The van der Waals surface area contributed by atoms with Crippen molar-refractivity contribution in [2.24, 2.45) is 5.92 Å². The van der Waals surface area contributed by atoms with Crippen LogP contribution in [-0.4, -0.2) is 0 Å². The van der Waals surface area contributed by atoms with E-state index in [0.717, 1.165) is 5.92 Å². The number of allylic oxidation sites excluding steroid dienone is 2. The monoisotopic (exact) mass is 224 g/mol. The normalized spacial score (nSPS) is 14.8. The maximum Gasteiger partial charge on any atom is -0.0232 e. The third-order valence-electron chi connectivity index (χ3n) is 3.68. The van der Waals surface area contributed by atoms with Crippen molar-refractivity contribution in [3.05, 3.63) is 11.1 Å². The zero-order valence-electron chi connectivity index (χ0n) is 12.2. The molecular weight excluding hydrogens is 192 g/mol. The molecule has 0 aliphatic rings. The summed E-state index contributed by atoms with van der Waals surface area (Å²) in [6.45, 7) is 11.6. The summed E-state index contributed by atoms with van der Waals surface area (Å²) in [5, 5.41) is 0. The highest BCUT2D eigenvalue weighted by molar-refractivity contribution is 5.14. The van der Waals surface area contributed by atoms with Crippen LogP contribution in [0.3, 0.4) is 0 Å². The molecule has 0 fully saturated rings. The van der Waals surface area contributed by atoms with Crippen molar-refractivity contribution in [1.29, 1.82) is 0 Å². The maximum absolute atomic E-state index is 2.40. The predicted molar refractivity (Wildman–Crippen MR) is 75.8 cm³/mol. The molecule has 96 valence electrons. The van der Waals surface area contributed by atoms with E-state index in [0.29, 0.717) is 0 Å². The smallest absolute Gasteiger partial charge is 0.0232 e. The number of unbranched alkanes of at least 4 members (excludes halogenated alkanes) is 3. The summed E-state index contributed by atoms with van der Waals surface area (Å²) in [5.74, 6) is 0.799. The first-order valence-electron chi connectivity index (χ1n) is 7.35. The maximum atomic E-state index is 2.40. The van der Waals surface area contributed by atoms with Gasteiger partial charge < -0.3 is 0 Å². The van der Waals surface area contributed by atoms with Gasteiger partial charge in [0.2, 0.25) is 0 Å². The summed E-state index contributed by atoms with van der Waals surface area (Å²) in [7, 11) is 0. The molecule has 0 aliphatic carbocycles. The van der Waals surface area contributed by atoms with Gasteiger partial charge >= 0.3 is 0 Å². The molecule has 1 unspecified atom stereocenters. The fourth-order valence-corrected chi connectivity index (χ4v) is 2.40. The fourth-order valence-electron chi connectivity index (χ4n) is 2.40. The number of rotatable bonds is 9.